The van der Waals surface area contributed by atoms with Crippen molar-refractivity contribution >= 4 is 11.7 Å². The van der Waals surface area contributed by atoms with E-state index in [1.165, 1.54) is 17.2 Å². The Bertz CT molecular complexity index is 931. The van der Waals surface area contributed by atoms with Crippen molar-refractivity contribution in [2.75, 3.05) is 32.8 Å². The molecule has 0 radical (unpaired) electrons. The number of hydrogen-bond acceptors (Lipinski definition) is 5. The molecule has 3 rings (SSSR count). The normalized spacial score (nSPS) is 16.5. The van der Waals surface area contributed by atoms with Gasteiger partial charge in [-0.05, 0) is 50.1 Å². The first-order valence-electron chi connectivity index (χ1n) is 10.9. The molecule has 0 saturated heterocycles. The minimum absolute atomic E-state index is 0.0436. The molecule has 7 heteroatoms. The number of furan rings is 1. The highest BCUT2D eigenvalue weighted by molar-refractivity contribution is 6.15. The van der Waals surface area contributed by atoms with Gasteiger partial charge in [0.15, 0.2) is 11.5 Å². The van der Waals surface area contributed by atoms with Gasteiger partial charge in [0.05, 0.1) is 50.7 Å². The molecule has 1 aliphatic rings. The van der Waals surface area contributed by atoms with E-state index in [1.807, 2.05) is 31.2 Å². The van der Waals surface area contributed by atoms with Gasteiger partial charge in [-0.1, -0.05) is 19.1 Å². The highest BCUT2D eigenvalue weighted by Gasteiger charge is 2.44. The Morgan fingerprint density at radius 3 is 2.61 bits per heavy atom. The number of ketones is 1. The van der Waals surface area contributed by atoms with E-state index in [9.17, 15) is 14.7 Å². The van der Waals surface area contributed by atoms with Crippen molar-refractivity contribution in [1.82, 2.24) is 4.90 Å². The van der Waals surface area contributed by atoms with Crippen molar-refractivity contribution in [2.24, 2.45) is 0 Å². The van der Waals surface area contributed by atoms with Crippen LogP contribution in [-0.2, 0) is 4.79 Å². The molecule has 0 fully saturated rings. The average molecular weight is 428 g/mol. The lowest BCUT2D eigenvalue weighted by Crippen LogP contribution is -3.12. The Balaban J connectivity index is 2.00. The van der Waals surface area contributed by atoms with Crippen molar-refractivity contribution < 1.29 is 28.7 Å². The van der Waals surface area contributed by atoms with Crippen molar-refractivity contribution in [3.8, 4) is 5.75 Å². The molecule has 0 spiro atoms. The van der Waals surface area contributed by atoms with Crippen LogP contribution >= 0.6 is 0 Å². The Morgan fingerprint density at radius 1 is 1.19 bits per heavy atom. The van der Waals surface area contributed by atoms with Gasteiger partial charge in [-0.3, -0.25) is 9.59 Å². The van der Waals surface area contributed by atoms with Crippen LogP contribution in [0.4, 0.5) is 0 Å². The van der Waals surface area contributed by atoms with Crippen LogP contribution < -0.4 is 9.64 Å². The summed E-state index contributed by atoms with van der Waals surface area (Å²) in [5.74, 6) is -0.781. The van der Waals surface area contributed by atoms with Crippen molar-refractivity contribution in [3.63, 3.8) is 0 Å². The molecule has 0 bridgehead atoms. The number of aliphatic hydroxyl groups is 1. The summed E-state index contributed by atoms with van der Waals surface area (Å²) in [5.41, 5.74) is 0.762. The molecule has 1 aromatic carbocycles. The summed E-state index contributed by atoms with van der Waals surface area (Å²) in [6.45, 7) is 9.79. The Morgan fingerprint density at radius 2 is 1.97 bits per heavy atom. The van der Waals surface area contributed by atoms with E-state index in [1.54, 1.807) is 11.0 Å². The largest absolute Gasteiger partial charge is 0.503 e. The predicted molar refractivity (Wildman–Crippen MR) is 116 cm³/mol. The SMILES string of the molecule is CCCOc1cccc([C@H]2C(C(=O)c3ccco3)=C(O)C(=O)N2CC[NH+](CC)CC)c1. The molecule has 1 atom stereocenters. The van der Waals surface area contributed by atoms with Gasteiger partial charge in [0.2, 0.25) is 5.78 Å². The van der Waals surface area contributed by atoms with E-state index < -0.39 is 23.5 Å². The summed E-state index contributed by atoms with van der Waals surface area (Å²) in [7, 11) is 0. The highest BCUT2D eigenvalue weighted by atomic mass is 16.5. The number of carbonyl (C=O) groups excluding carboxylic acids is 2. The molecular formula is C24H31N2O5+. The quantitative estimate of drug-likeness (QED) is 0.539. The van der Waals surface area contributed by atoms with E-state index in [0.717, 1.165) is 31.6 Å². The molecule has 0 aliphatic carbocycles. The second kappa shape index (κ2) is 10.3. The molecular weight excluding hydrogens is 396 g/mol. The standard InChI is InChI=1S/C24H30N2O5/c1-4-14-30-18-10-7-9-17(16-18)21-20(22(27)19-11-8-15-31-19)23(28)24(29)26(21)13-12-25(5-2)6-3/h7-11,15-16,21,28H,4-6,12-14H2,1-3H3/p+1/t21-/m0/s1. The fraction of sp³-hybridized carbons (Fsp3) is 0.417. The fourth-order valence-electron chi connectivity index (χ4n) is 3.88. The molecule has 2 aromatic rings. The lowest BCUT2D eigenvalue weighted by atomic mass is 9.95. The zero-order valence-corrected chi connectivity index (χ0v) is 18.4. The summed E-state index contributed by atoms with van der Waals surface area (Å²) < 4.78 is 11.0. The minimum atomic E-state index is -0.703. The first-order valence-corrected chi connectivity index (χ1v) is 10.9. The molecule has 31 heavy (non-hydrogen) atoms. The number of hydrogen-bond donors (Lipinski definition) is 2. The fourth-order valence-corrected chi connectivity index (χ4v) is 3.88. The summed E-state index contributed by atoms with van der Waals surface area (Å²) in [6, 6.07) is 9.80. The van der Waals surface area contributed by atoms with Gasteiger partial charge >= 0.3 is 0 Å². The zero-order valence-electron chi connectivity index (χ0n) is 18.4. The van der Waals surface area contributed by atoms with Crippen molar-refractivity contribution in [3.05, 3.63) is 65.3 Å². The number of rotatable bonds is 11. The lowest BCUT2D eigenvalue weighted by Gasteiger charge is -2.28. The zero-order chi connectivity index (χ0) is 22.4. The number of benzene rings is 1. The number of nitrogens with zero attached hydrogens (tertiary/aromatic N) is 1. The number of likely N-dealkylation sites (N-methyl/N-ethyl adjacent to an activating group) is 1. The summed E-state index contributed by atoms with van der Waals surface area (Å²) in [5, 5.41) is 10.7. The van der Waals surface area contributed by atoms with Gasteiger partial charge in [0.1, 0.15) is 5.75 Å². The third kappa shape index (κ3) is 4.82. The number of quaternary nitrogens is 1. The Labute approximate surface area is 182 Å². The van der Waals surface area contributed by atoms with Gasteiger partial charge in [0, 0.05) is 0 Å². The molecule has 2 N–H and O–H groups in total. The van der Waals surface area contributed by atoms with Gasteiger partial charge < -0.3 is 24.1 Å². The minimum Gasteiger partial charge on any atom is -0.503 e. The third-order valence-corrected chi connectivity index (χ3v) is 5.65. The first kappa shape index (κ1) is 22.6. The van der Waals surface area contributed by atoms with Crippen LogP contribution in [0.3, 0.4) is 0 Å². The van der Waals surface area contributed by atoms with E-state index in [4.69, 9.17) is 9.15 Å². The lowest BCUT2D eigenvalue weighted by molar-refractivity contribution is -0.895. The van der Waals surface area contributed by atoms with Crippen LogP contribution in [0, 0.1) is 0 Å². The number of amides is 1. The van der Waals surface area contributed by atoms with Gasteiger partial charge in [0.25, 0.3) is 5.91 Å². The predicted octanol–water partition coefficient (Wildman–Crippen LogP) is 2.57. The van der Waals surface area contributed by atoms with Gasteiger partial charge in [-0.2, -0.15) is 0 Å². The molecule has 2 heterocycles. The second-order valence-corrected chi connectivity index (χ2v) is 7.60. The van der Waals surface area contributed by atoms with Crippen LogP contribution in [-0.4, -0.2) is 54.5 Å². The van der Waals surface area contributed by atoms with E-state index >= 15 is 0 Å². The number of aliphatic hydroxyl groups excluding tert-OH is 1. The van der Waals surface area contributed by atoms with Crippen LogP contribution in [0.5, 0.6) is 5.75 Å². The third-order valence-electron chi connectivity index (χ3n) is 5.65. The molecule has 7 nitrogen and oxygen atoms in total. The number of carbonyl (C=O) groups is 2. The van der Waals surface area contributed by atoms with Crippen LogP contribution in [0.25, 0.3) is 0 Å². The molecule has 1 amide bonds. The van der Waals surface area contributed by atoms with E-state index in [0.29, 0.717) is 18.9 Å². The van der Waals surface area contributed by atoms with Crippen LogP contribution in [0.15, 0.2) is 58.4 Å². The maximum absolute atomic E-state index is 13.2. The van der Waals surface area contributed by atoms with Crippen molar-refractivity contribution in [2.45, 2.75) is 33.2 Å². The van der Waals surface area contributed by atoms with Crippen LogP contribution in [0.2, 0.25) is 0 Å². The monoisotopic (exact) mass is 427 g/mol. The Kier molecular flexibility index (Phi) is 7.52. The van der Waals surface area contributed by atoms with Crippen molar-refractivity contribution in [1.29, 1.82) is 0 Å². The average Bonchev–Trinajstić information content (AvgIpc) is 3.41. The summed E-state index contributed by atoms with van der Waals surface area (Å²) in [4.78, 5) is 29.1. The Hall–Kier alpha value is -3.06. The van der Waals surface area contributed by atoms with E-state index in [2.05, 4.69) is 13.8 Å². The summed E-state index contributed by atoms with van der Waals surface area (Å²) >= 11 is 0. The second-order valence-electron chi connectivity index (χ2n) is 7.60. The number of ether oxygens (including phenoxy) is 1. The number of nitrogens with one attached hydrogen (secondary N) is 1. The molecule has 1 aromatic heterocycles. The first-order chi connectivity index (χ1) is 15.0. The maximum Gasteiger partial charge on any atom is 0.290 e. The molecule has 0 unspecified atom stereocenters. The topological polar surface area (TPSA) is 84.4 Å². The van der Waals surface area contributed by atoms with Crippen LogP contribution in [0.1, 0.15) is 49.4 Å². The van der Waals surface area contributed by atoms with Gasteiger partial charge in [-0.15, -0.1) is 0 Å². The van der Waals surface area contributed by atoms with E-state index in [-0.39, 0.29) is 11.3 Å². The maximum atomic E-state index is 13.2. The molecule has 166 valence electrons. The van der Waals surface area contributed by atoms with Gasteiger partial charge in [-0.25, -0.2) is 0 Å². The summed E-state index contributed by atoms with van der Waals surface area (Å²) in [6.07, 6.45) is 2.27. The smallest absolute Gasteiger partial charge is 0.290 e. The molecule has 1 aliphatic heterocycles. The molecule has 0 saturated carbocycles. The number of Topliss-reactive ketones (excluding diaryl/α,β-unsaturated/α-hetero) is 1. The highest BCUT2D eigenvalue weighted by Crippen LogP contribution is 2.39.